The summed E-state index contributed by atoms with van der Waals surface area (Å²) in [5, 5.41) is 4.81. The van der Waals surface area contributed by atoms with Gasteiger partial charge in [0.2, 0.25) is 6.10 Å². The molecule has 0 aliphatic heterocycles. The molecule has 2 rings (SSSR count). The Morgan fingerprint density at radius 1 is 1.08 bits per heavy atom. The lowest BCUT2D eigenvalue weighted by molar-refractivity contribution is -0.158. The molecule has 0 unspecified atom stereocenters. The van der Waals surface area contributed by atoms with Crippen molar-refractivity contribution in [1.29, 1.82) is 0 Å². The summed E-state index contributed by atoms with van der Waals surface area (Å²) in [6.45, 7) is -0.420. The van der Waals surface area contributed by atoms with Gasteiger partial charge in [-0.3, -0.25) is 10.1 Å². The molecule has 0 radical (unpaired) electrons. The average molecular weight is 377 g/mol. The number of carbonyl (C=O) groups is 3. The summed E-state index contributed by atoms with van der Waals surface area (Å²) in [6, 6.07) is 14.2. The number of amides is 3. The number of hydrogen-bond acceptors (Lipinski definition) is 5. The first-order valence-electron chi connectivity index (χ1n) is 7.65. The molecule has 0 spiro atoms. The highest BCUT2D eigenvalue weighted by atomic mass is 35.5. The number of nitrogens with one attached hydrogen (secondary N) is 2. The molecular formula is C18H17ClN2O5. The van der Waals surface area contributed by atoms with Gasteiger partial charge in [-0.2, -0.15) is 0 Å². The molecule has 7 nitrogen and oxygen atoms in total. The zero-order valence-corrected chi connectivity index (χ0v) is 14.7. The standard InChI is InChI=1S/C18H17ClN2O5/c1-20-18(24)21-17(23)16(12-6-3-2-4-7-12)26-15(22)11-25-14-9-5-8-13(19)10-14/h2-10,16H,11H2,1H3,(H2,20,21,23,24)/t16-/m1/s1. The summed E-state index contributed by atoms with van der Waals surface area (Å²) in [7, 11) is 1.37. The van der Waals surface area contributed by atoms with E-state index in [-0.39, 0.29) is 0 Å². The number of carbonyl (C=O) groups excluding carboxylic acids is 3. The third kappa shape index (κ3) is 5.78. The van der Waals surface area contributed by atoms with Crippen molar-refractivity contribution in [3.8, 4) is 5.75 Å². The van der Waals surface area contributed by atoms with Gasteiger partial charge in [0.1, 0.15) is 5.75 Å². The van der Waals surface area contributed by atoms with Gasteiger partial charge >= 0.3 is 12.0 Å². The van der Waals surface area contributed by atoms with Crippen molar-refractivity contribution in [2.45, 2.75) is 6.10 Å². The maximum atomic E-state index is 12.3. The van der Waals surface area contributed by atoms with Crippen LogP contribution in [0.25, 0.3) is 0 Å². The van der Waals surface area contributed by atoms with E-state index in [0.717, 1.165) is 0 Å². The molecule has 0 saturated carbocycles. The second-order valence-electron chi connectivity index (χ2n) is 5.10. The molecule has 0 fully saturated rings. The van der Waals surface area contributed by atoms with Gasteiger partial charge < -0.3 is 14.8 Å². The second kappa shape index (κ2) is 9.43. The van der Waals surface area contributed by atoms with Crippen LogP contribution in [0, 0.1) is 0 Å². The van der Waals surface area contributed by atoms with Gasteiger partial charge in [0.05, 0.1) is 0 Å². The van der Waals surface area contributed by atoms with E-state index in [0.29, 0.717) is 16.3 Å². The van der Waals surface area contributed by atoms with Crippen molar-refractivity contribution >= 4 is 29.5 Å². The third-order valence-electron chi connectivity index (χ3n) is 3.21. The zero-order valence-electron chi connectivity index (χ0n) is 13.9. The first kappa shape index (κ1) is 19.3. The second-order valence-corrected chi connectivity index (χ2v) is 5.53. The lowest BCUT2D eigenvalue weighted by Gasteiger charge is -2.17. The maximum Gasteiger partial charge on any atom is 0.345 e. The number of rotatable bonds is 6. The van der Waals surface area contributed by atoms with Crippen LogP contribution >= 0.6 is 11.6 Å². The quantitative estimate of drug-likeness (QED) is 0.755. The Labute approximate surface area is 155 Å². The Kier molecular flexibility index (Phi) is 6.99. The molecule has 2 aromatic rings. The highest BCUT2D eigenvalue weighted by Gasteiger charge is 2.26. The van der Waals surface area contributed by atoms with Gasteiger partial charge in [0, 0.05) is 17.6 Å². The fraction of sp³-hybridized carbons (Fsp3) is 0.167. The molecule has 8 heteroatoms. The summed E-state index contributed by atoms with van der Waals surface area (Å²) < 4.78 is 10.5. The van der Waals surface area contributed by atoms with Crippen molar-refractivity contribution in [3.05, 3.63) is 65.2 Å². The van der Waals surface area contributed by atoms with Crippen molar-refractivity contribution in [3.63, 3.8) is 0 Å². The SMILES string of the molecule is CNC(=O)NC(=O)[C@H](OC(=O)COc1cccc(Cl)c1)c1ccccc1. The number of benzene rings is 2. The molecule has 1 atom stereocenters. The van der Waals surface area contributed by atoms with Gasteiger partial charge in [-0.15, -0.1) is 0 Å². The van der Waals surface area contributed by atoms with Crippen LogP contribution in [0.5, 0.6) is 5.75 Å². The van der Waals surface area contributed by atoms with E-state index in [1.165, 1.54) is 7.05 Å². The molecule has 26 heavy (non-hydrogen) atoms. The van der Waals surface area contributed by atoms with E-state index in [9.17, 15) is 14.4 Å². The van der Waals surface area contributed by atoms with Gasteiger partial charge in [-0.05, 0) is 18.2 Å². The summed E-state index contributed by atoms with van der Waals surface area (Å²) >= 11 is 5.84. The van der Waals surface area contributed by atoms with E-state index in [1.54, 1.807) is 54.6 Å². The third-order valence-corrected chi connectivity index (χ3v) is 3.44. The molecular weight excluding hydrogens is 360 g/mol. The van der Waals surface area contributed by atoms with Crippen molar-refractivity contribution in [2.24, 2.45) is 0 Å². The maximum absolute atomic E-state index is 12.3. The monoisotopic (exact) mass is 376 g/mol. The Morgan fingerprint density at radius 3 is 2.46 bits per heavy atom. The van der Waals surface area contributed by atoms with Gasteiger partial charge in [0.15, 0.2) is 6.61 Å². The topological polar surface area (TPSA) is 93.7 Å². The number of ether oxygens (including phenoxy) is 2. The number of urea groups is 1. The summed E-state index contributed by atoms with van der Waals surface area (Å²) in [5.41, 5.74) is 0.421. The number of esters is 1. The minimum atomic E-state index is -1.29. The summed E-state index contributed by atoms with van der Waals surface area (Å²) in [6.07, 6.45) is -1.29. The number of imide groups is 1. The van der Waals surface area contributed by atoms with Crippen LogP contribution in [-0.4, -0.2) is 31.6 Å². The highest BCUT2D eigenvalue weighted by Crippen LogP contribution is 2.19. The minimum Gasteiger partial charge on any atom is -0.482 e. The first-order valence-corrected chi connectivity index (χ1v) is 8.02. The Morgan fingerprint density at radius 2 is 1.81 bits per heavy atom. The molecule has 0 aromatic heterocycles. The van der Waals surface area contributed by atoms with Gasteiger partial charge in [-0.25, -0.2) is 9.59 Å². The predicted molar refractivity (Wildman–Crippen MR) is 94.8 cm³/mol. The largest absolute Gasteiger partial charge is 0.482 e. The molecule has 3 amide bonds. The molecule has 0 bridgehead atoms. The van der Waals surface area contributed by atoms with Crippen LogP contribution in [-0.2, 0) is 14.3 Å². The van der Waals surface area contributed by atoms with Crippen LogP contribution in [0.3, 0.4) is 0 Å². The van der Waals surface area contributed by atoms with E-state index >= 15 is 0 Å². The Hall–Kier alpha value is -3.06. The van der Waals surface area contributed by atoms with E-state index in [4.69, 9.17) is 21.1 Å². The Bertz CT molecular complexity index is 782. The van der Waals surface area contributed by atoms with Crippen LogP contribution in [0.1, 0.15) is 11.7 Å². The normalized spacial score (nSPS) is 11.2. The smallest absolute Gasteiger partial charge is 0.345 e. The highest BCUT2D eigenvalue weighted by molar-refractivity contribution is 6.30. The van der Waals surface area contributed by atoms with Gasteiger partial charge in [-0.1, -0.05) is 48.0 Å². The summed E-state index contributed by atoms with van der Waals surface area (Å²) in [5.74, 6) is -1.15. The fourth-order valence-corrected chi connectivity index (χ4v) is 2.19. The zero-order chi connectivity index (χ0) is 18.9. The molecule has 2 N–H and O–H groups in total. The molecule has 0 aliphatic carbocycles. The van der Waals surface area contributed by atoms with Crippen LogP contribution in [0.2, 0.25) is 5.02 Å². The van der Waals surface area contributed by atoms with Gasteiger partial charge in [0.25, 0.3) is 5.91 Å². The van der Waals surface area contributed by atoms with E-state index in [2.05, 4.69) is 10.6 Å². The van der Waals surface area contributed by atoms with Crippen LogP contribution < -0.4 is 15.4 Å². The first-order chi connectivity index (χ1) is 12.5. The number of halogens is 1. The van der Waals surface area contributed by atoms with Crippen LogP contribution in [0.15, 0.2) is 54.6 Å². The van der Waals surface area contributed by atoms with Crippen molar-refractivity contribution in [2.75, 3.05) is 13.7 Å². The molecule has 136 valence electrons. The molecule has 2 aromatic carbocycles. The predicted octanol–water partition coefficient (Wildman–Crippen LogP) is 2.46. The van der Waals surface area contributed by atoms with Crippen molar-refractivity contribution in [1.82, 2.24) is 10.6 Å². The Balaban J connectivity index is 2.04. The lowest BCUT2D eigenvalue weighted by Crippen LogP contribution is -2.41. The minimum absolute atomic E-state index is 0.389. The van der Waals surface area contributed by atoms with Crippen molar-refractivity contribution < 1.29 is 23.9 Å². The average Bonchev–Trinajstić information content (AvgIpc) is 2.65. The molecule has 0 aliphatic rings. The molecule has 0 saturated heterocycles. The summed E-state index contributed by atoms with van der Waals surface area (Å²) in [4.78, 5) is 35.7. The van der Waals surface area contributed by atoms with Crippen LogP contribution in [0.4, 0.5) is 4.79 Å². The molecule has 0 heterocycles. The number of hydrogen-bond donors (Lipinski definition) is 2. The fourth-order valence-electron chi connectivity index (χ4n) is 2.01. The lowest BCUT2D eigenvalue weighted by atomic mass is 10.1. The van der Waals surface area contributed by atoms with E-state index in [1.807, 2.05) is 0 Å². The van der Waals surface area contributed by atoms with E-state index < -0.39 is 30.6 Å².